The van der Waals surface area contributed by atoms with E-state index in [4.69, 9.17) is 4.74 Å². The van der Waals surface area contributed by atoms with Crippen LogP contribution in [0.25, 0.3) is 0 Å². The van der Waals surface area contributed by atoms with Crippen molar-refractivity contribution in [3.05, 3.63) is 11.3 Å². The number of hydrogen-bond donors (Lipinski definition) is 2. The van der Waals surface area contributed by atoms with E-state index < -0.39 is 0 Å². The molecule has 0 bridgehead atoms. The molecule has 1 aliphatic heterocycles. The van der Waals surface area contributed by atoms with E-state index in [-0.39, 0.29) is 0 Å². The first kappa shape index (κ1) is 8.25. The summed E-state index contributed by atoms with van der Waals surface area (Å²) in [5.41, 5.74) is 2.10. The summed E-state index contributed by atoms with van der Waals surface area (Å²) in [5.74, 6) is 1.28. The Hall–Kier alpha value is -1.36. The lowest BCUT2D eigenvalue weighted by Gasteiger charge is -2.06. The van der Waals surface area contributed by atoms with E-state index in [1.807, 2.05) is 0 Å². The van der Waals surface area contributed by atoms with Crippen LogP contribution in [0.4, 0.5) is 5.95 Å². The molecule has 2 N–H and O–H groups in total. The number of nitrogens with zero attached hydrogens (tertiary/aromatic N) is 2. The third kappa shape index (κ3) is 1.31. The van der Waals surface area contributed by atoms with Crippen molar-refractivity contribution in [3.8, 4) is 5.88 Å². The van der Waals surface area contributed by atoms with E-state index >= 15 is 0 Å². The van der Waals surface area contributed by atoms with Gasteiger partial charge < -0.3 is 15.4 Å². The quantitative estimate of drug-likeness (QED) is 0.677. The Morgan fingerprint density at radius 3 is 2.92 bits per heavy atom. The molecule has 5 heteroatoms. The summed E-state index contributed by atoms with van der Waals surface area (Å²) in [6.45, 7) is 1.59. The largest absolute Gasteiger partial charge is 0.481 e. The zero-order valence-electron chi connectivity index (χ0n) is 7.72. The van der Waals surface area contributed by atoms with Gasteiger partial charge in [0.2, 0.25) is 11.8 Å². The van der Waals surface area contributed by atoms with Crippen molar-refractivity contribution in [3.63, 3.8) is 0 Å². The number of anilines is 1. The van der Waals surface area contributed by atoms with Gasteiger partial charge in [-0.3, -0.25) is 0 Å². The van der Waals surface area contributed by atoms with Gasteiger partial charge in [-0.05, 0) is 0 Å². The molecule has 0 spiro atoms. The average Bonchev–Trinajstić information content (AvgIpc) is 2.63. The van der Waals surface area contributed by atoms with Crippen LogP contribution in [-0.2, 0) is 13.1 Å². The van der Waals surface area contributed by atoms with Crippen molar-refractivity contribution < 1.29 is 4.74 Å². The molecular formula is C8H12N4O. The Balaban J connectivity index is 2.49. The molecule has 0 amide bonds. The molecule has 0 radical (unpaired) electrons. The summed E-state index contributed by atoms with van der Waals surface area (Å²) in [4.78, 5) is 8.51. The minimum Gasteiger partial charge on any atom is -0.481 e. The average molecular weight is 180 g/mol. The lowest BCUT2D eigenvalue weighted by Crippen LogP contribution is -2.03. The Bertz CT molecular complexity index is 326. The molecular weight excluding hydrogens is 168 g/mol. The van der Waals surface area contributed by atoms with Gasteiger partial charge in [-0.2, -0.15) is 4.98 Å². The van der Waals surface area contributed by atoms with E-state index in [0.717, 1.165) is 24.3 Å². The van der Waals surface area contributed by atoms with Gasteiger partial charge in [0.15, 0.2) is 0 Å². The first-order chi connectivity index (χ1) is 6.35. The third-order valence-electron chi connectivity index (χ3n) is 2.07. The van der Waals surface area contributed by atoms with Crippen LogP contribution in [0.2, 0.25) is 0 Å². The smallest absolute Gasteiger partial charge is 0.226 e. The van der Waals surface area contributed by atoms with Crippen LogP contribution in [0, 0.1) is 0 Å². The summed E-state index contributed by atoms with van der Waals surface area (Å²) in [7, 11) is 3.42. The maximum atomic E-state index is 5.17. The molecule has 0 saturated heterocycles. The van der Waals surface area contributed by atoms with Crippen molar-refractivity contribution in [1.82, 2.24) is 15.3 Å². The molecule has 0 aromatic carbocycles. The second kappa shape index (κ2) is 3.18. The molecule has 0 atom stereocenters. The molecule has 0 saturated carbocycles. The minimum absolute atomic E-state index is 0.610. The molecule has 70 valence electrons. The van der Waals surface area contributed by atoms with E-state index in [0.29, 0.717) is 11.8 Å². The number of rotatable bonds is 2. The predicted molar refractivity (Wildman–Crippen MR) is 48.7 cm³/mol. The number of fused-ring (bicyclic) bond motifs is 1. The maximum absolute atomic E-state index is 5.17. The van der Waals surface area contributed by atoms with Crippen molar-refractivity contribution in [2.24, 2.45) is 0 Å². The van der Waals surface area contributed by atoms with Crippen LogP contribution in [0.15, 0.2) is 0 Å². The van der Waals surface area contributed by atoms with Gasteiger partial charge >= 0.3 is 0 Å². The number of nitrogens with one attached hydrogen (secondary N) is 2. The molecule has 13 heavy (non-hydrogen) atoms. The van der Waals surface area contributed by atoms with Crippen LogP contribution >= 0.6 is 0 Å². The topological polar surface area (TPSA) is 59.1 Å². The molecule has 1 aromatic rings. The lowest BCUT2D eigenvalue weighted by atomic mass is 10.2. The monoisotopic (exact) mass is 180 g/mol. The van der Waals surface area contributed by atoms with Crippen LogP contribution in [0.5, 0.6) is 5.88 Å². The number of methoxy groups -OCH3 is 1. The number of aromatic nitrogens is 2. The van der Waals surface area contributed by atoms with Crippen LogP contribution in [0.1, 0.15) is 11.3 Å². The molecule has 0 fully saturated rings. The van der Waals surface area contributed by atoms with Gasteiger partial charge in [0.1, 0.15) is 0 Å². The minimum atomic E-state index is 0.610. The second-order valence-electron chi connectivity index (χ2n) is 2.84. The zero-order valence-corrected chi connectivity index (χ0v) is 7.72. The molecule has 1 aromatic heterocycles. The van der Waals surface area contributed by atoms with Crippen molar-refractivity contribution in [2.45, 2.75) is 13.1 Å². The van der Waals surface area contributed by atoms with Gasteiger partial charge in [-0.25, -0.2) is 4.98 Å². The summed E-state index contributed by atoms with van der Waals surface area (Å²) in [5, 5.41) is 6.10. The highest BCUT2D eigenvalue weighted by atomic mass is 16.5. The molecule has 1 aliphatic rings. The molecule has 2 rings (SSSR count). The van der Waals surface area contributed by atoms with E-state index in [1.165, 1.54) is 0 Å². The van der Waals surface area contributed by atoms with Gasteiger partial charge in [-0.1, -0.05) is 0 Å². The van der Waals surface area contributed by atoms with Crippen LogP contribution in [0.3, 0.4) is 0 Å². The highest BCUT2D eigenvalue weighted by Gasteiger charge is 2.18. The van der Waals surface area contributed by atoms with Gasteiger partial charge in [0.05, 0.1) is 18.4 Å². The number of hydrogen-bond acceptors (Lipinski definition) is 5. The second-order valence-corrected chi connectivity index (χ2v) is 2.84. The summed E-state index contributed by atoms with van der Waals surface area (Å²) in [6.07, 6.45) is 0. The SMILES string of the molecule is CNc1nc2c(c(OC)n1)CNC2. The Morgan fingerprint density at radius 1 is 1.38 bits per heavy atom. The van der Waals surface area contributed by atoms with Gasteiger partial charge in [-0.15, -0.1) is 0 Å². The van der Waals surface area contributed by atoms with Crippen molar-refractivity contribution in [2.75, 3.05) is 19.5 Å². The first-order valence-electron chi connectivity index (χ1n) is 4.17. The Labute approximate surface area is 76.5 Å². The summed E-state index contributed by atoms with van der Waals surface area (Å²) in [6, 6.07) is 0. The van der Waals surface area contributed by atoms with Crippen LogP contribution in [-0.4, -0.2) is 24.1 Å². The summed E-state index contributed by atoms with van der Waals surface area (Å²) < 4.78 is 5.17. The first-order valence-corrected chi connectivity index (χ1v) is 4.17. The van der Waals surface area contributed by atoms with E-state index in [2.05, 4.69) is 20.6 Å². The summed E-state index contributed by atoms with van der Waals surface area (Å²) >= 11 is 0. The fourth-order valence-electron chi connectivity index (χ4n) is 1.42. The molecule has 0 aliphatic carbocycles. The Kier molecular flexibility index (Phi) is 2.02. The lowest BCUT2D eigenvalue weighted by molar-refractivity contribution is 0.392. The van der Waals surface area contributed by atoms with E-state index in [1.54, 1.807) is 14.2 Å². The molecule has 2 heterocycles. The van der Waals surface area contributed by atoms with Crippen molar-refractivity contribution >= 4 is 5.95 Å². The molecule has 5 nitrogen and oxygen atoms in total. The number of ether oxygens (including phenoxy) is 1. The van der Waals surface area contributed by atoms with Gasteiger partial charge in [0.25, 0.3) is 0 Å². The normalized spacial score (nSPS) is 14.0. The van der Waals surface area contributed by atoms with Crippen molar-refractivity contribution in [1.29, 1.82) is 0 Å². The van der Waals surface area contributed by atoms with E-state index in [9.17, 15) is 0 Å². The maximum Gasteiger partial charge on any atom is 0.226 e. The molecule has 0 unspecified atom stereocenters. The third-order valence-corrected chi connectivity index (χ3v) is 2.07. The highest BCUT2D eigenvalue weighted by molar-refractivity contribution is 5.39. The standard InChI is InChI=1S/C8H12N4O/c1-9-8-11-6-4-10-3-5(6)7(12-8)13-2/h10H,3-4H2,1-2H3,(H,9,11,12). The fourth-order valence-corrected chi connectivity index (χ4v) is 1.42. The predicted octanol–water partition coefficient (Wildman–Crippen LogP) is 0.130. The van der Waals surface area contributed by atoms with Crippen LogP contribution < -0.4 is 15.4 Å². The zero-order chi connectivity index (χ0) is 9.26. The fraction of sp³-hybridized carbons (Fsp3) is 0.500. The Morgan fingerprint density at radius 2 is 2.23 bits per heavy atom. The highest BCUT2D eigenvalue weighted by Crippen LogP contribution is 2.23. The van der Waals surface area contributed by atoms with Gasteiger partial charge in [0, 0.05) is 20.1 Å².